The maximum Gasteiger partial charge on any atom is 0.416 e. The number of carbonyl (C=O) groups excluding carboxylic acids is 2. The van der Waals surface area contributed by atoms with E-state index in [2.05, 4.69) is 26.1 Å². The second-order valence-electron chi connectivity index (χ2n) is 9.21. The number of urea groups is 1. The van der Waals surface area contributed by atoms with Gasteiger partial charge in [0.1, 0.15) is 12.4 Å². The minimum Gasteiger partial charge on any atom is -0.487 e. The van der Waals surface area contributed by atoms with Crippen LogP contribution in [-0.4, -0.2) is 37.2 Å². The first-order chi connectivity index (χ1) is 16.3. The van der Waals surface area contributed by atoms with Crippen molar-refractivity contribution in [2.45, 2.75) is 45.3 Å². The summed E-state index contributed by atoms with van der Waals surface area (Å²) in [4.78, 5) is 27.0. The fraction of sp³-hybridized carbons (Fsp3) is 0.385. The van der Waals surface area contributed by atoms with Crippen molar-refractivity contribution < 1.29 is 32.2 Å². The Labute approximate surface area is 202 Å². The van der Waals surface area contributed by atoms with Gasteiger partial charge in [-0.05, 0) is 41.7 Å². The molecule has 6 nitrogen and oxygen atoms in total. The van der Waals surface area contributed by atoms with Crippen molar-refractivity contribution in [1.82, 2.24) is 10.2 Å². The molecule has 1 heterocycles. The summed E-state index contributed by atoms with van der Waals surface area (Å²) < 4.78 is 50.1. The minimum atomic E-state index is -4.53. The second kappa shape index (κ2) is 10.0. The van der Waals surface area contributed by atoms with Crippen LogP contribution in [0.25, 0.3) is 0 Å². The van der Waals surface area contributed by atoms with Crippen molar-refractivity contribution in [3.63, 3.8) is 0 Å². The van der Waals surface area contributed by atoms with Crippen LogP contribution in [0.5, 0.6) is 5.75 Å². The van der Waals surface area contributed by atoms with Gasteiger partial charge in [0.05, 0.1) is 29.5 Å². The predicted molar refractivity (Wildman–Crippen MR) is 125 cm³/mol. The molecule has 0 saturated heterocycles. The van der Waals surface area contributed by atoms with Gasteiger partial charge in [-0.1, -0.05) is 51.1 Å². The zero-order valence-corrected chi connectivity index (χ0v) is 20.3. The maximum atomic E-state index is 13.1. The molecule has 0 unspecified atom stereocenters. The van der Waals surface area contributed by atoms with E-state index in [1.807, 2.05) is 24.3 Å². The number of carbonyl (C=O) groups is 2. The van der Waals surface area contributed by atoms with Crippen molar-refractivity contribution in [3.05, 3.63) is 76.5 Å². The third-order valence-electron chi connectivity index (χ3n) is 5.72. The highest BCUT2D eigenvalue weighted by molar-refractivity contribution is 5.95. The molecule has 3 rings (SSSR count). The normalized spacial score (nSPS) is 16.7. The highest BCUT2D eigenvalue weighted by Crippen LogP contribution is 2.34. The zero-order chi connectivity index (χ0) is 26.0. The van der Waals surface area contributed by atoms with E-state index < -0.39 is 29.8 Å². The van der Waals surface area contributed by atoms with Gasteiger partial charge in [0.25, 0.3) is 0 Å². The van der Waals surface area contributed by atoms with Gasteiger partial charge >= 0.3 is 18.2 Å². The van der Waals surface area contributed by atoms with Crippen LogP contribution in [0.4, 0.5) is 18.0 Å². The summed E-state index contributed by atoms with van der Waals surface area (Å²) in [5.74, 6) is -0.687. The molecule has 1 N–H and O–H groups in total. The van der Waals surface area contributed by atoms with E-state index in [9.17, 15) is 22.8 Å². The van der Waals surface area contributed by atoms with Crippen LogP contribution in [0.1, 0.15) is 50.4 Å². The number of esters is 1. The monoisotopic (exact) mass is 490 g/mol. The largest absolute Gasteiger partial charge is 0.487 e. The fourth-order valence-corrected chi connectivity index (χ4v) is 3.72. The number of hydrogen-bond acceptors (Lipinski definition) is 4. The summed E-state index contributed by atoms with van der Waals surface area (Å²) in [5.41, 5.74) is 1.16. The predicted octanol–water partition coefficient (Wildman–Crippen LogP) is 5.60. The Hall–Kier alpha value is -3.49. The summed E-state index contributed by atoms with van der Waals surface area (Å²) in [5, 5.41) is 2.81. The molecule has 1 aliphatic heterocycles. The number of hydrogen-bond donors (Lipinski definition) is 1. The number of halogens is 3. The third-order valence-corrected chi connectivity index (χ3v) is 5.72. The van der Waals surface area contributed by atoms with Gasteiger partial charge < -0.3 is 14.8 Å². The van der Waals surface area contributed by atoms with Gasteiger partial charge in [-0.2, -0.15) is 13.2 Å². The molecule has 9 heteroatoms. The third kappa shape index (κ3) is 5.96. The summed E-state index contributed by atoms with van der Waals surface area (Å²) in [6.07, 6.45) is -4.53. The Balaban J connectivity index is 2.01. The molecule has 188 valence electrons. The average Bonchev–Trinajstić information content (AvgIpc) is 2.79. The molecule has 0 aliphatic carbocycles. The molecule has 1 atom stereocenters. The van der Waals surface area contributed by atoms with E-state index in [1.165, 1.54) is 24.1 Å². The van der Waals surface area contributed by atoms with Crippen molar-refractivity contribution in [2.75, 3.05) is 20.3 Å². The van der Waals surface area contributed by atoms with Crippen LogP contribution in [0.3, 0.4) is 0 Å². The highest BCUT2D eigenvalue weighted by Gasteiger charge is 2.37. The number of benzene rings is 2. The van der Waals surface area contributed by atoms with Gasteiger partial charge in [-0.25, -0.2) is 9.59 Å². The van der Waals surface area contributed by atoms with E-state index in [1.54, 1.807) is 6.92 Å². The number of nitrogens with zero attached hydrogens (tertiary/aromatic N) is 1. The van der Waals surface area contributed by atoms with E-state index in [-0.39, 0.29) is 35.6 Å². The zero-order valence-electron chi connectivity index (χ0n) is 20.3. The number of ether oxygens (including phenoxy) is 2. The molecule has 0 fully saturated rings. The summed E-state index contributed by atoms with van der Waals surface area (Å²) in [6.45, 7) is 7.69. The van der Waals surface area contributed by atoms with Crippen molar-refractivity contribution >= 4 is 12.0 Å². The number of rotatable bonds is 6. The molecule has 2 amide bonds. The molecule has 0 saturated carbocycles. The lowest BCUT2D eigenvalue weighted by molar-refractivity contribution is -0.139. The molecule has 1 aliphatic rings. The van der Waals surface area contributed by atoms with Crippen LogP contribution in [0.2, 0.25) is 0 Å². The maximum absolute atomic E-state index is 13.1. The summed E-state index contributed by atoms with van der Waals surface area (Å²) in [6, 6.07) is 10.7. The molecular formula is C26H29F3N2O4. The Morgan fingerprint density at radius 3 is 2.29 bits per heavy atom. The first kappa shape index (κ1) is 26.1. The minimum absolute atomic E-state index is 0.0407. The van der Waals surface area contributed by atoms with Gasteiger partial charge in [-0.15, -0.1) is 0 Å². The average molecular weight is 491 g/mol. The van der Waals surface area contributed by atoms with Crippen LogP contribution in [-0.2, 0) is 21.1 Å². The van der Waals surface area contributed by atoms with Crippen LogP contribution in [0.15, 0.2) is 59.8 Å². The standard InChI is InChI=1S/C26H29F3N2O4/c1-6-34-23(32)21-20(15-35-19-9-7-8-18(14-19)26(27,28)29)31(5)24(33)30-22(21)16-10-12-17(13-11-16)25(2,3)4/h7-14,22H,6,15H2,1-5H3,(H,30,33)/t22-/m0/s1. The molecule has 2 aromatic rings. The van der Waals surface area contributed by atoms with Gasteiger partial charge in [-0.3, -0.25) is 4.90 Å². The smallest absolute Gasteiger partial charge is 0.416 e. The number of nitrogens with one attached hydrogen (secondary N) is 1. The Morgan fingerprint density at radius 2 is 1.71 bits per heavy atom. The van der Waals surface area contributed by atoms with Crippen LogP contribution in [0, 0.1) is 0 Å². The van der Waals surface area contributed by atoms with E-state index in [4.69, 9.17) is 9.47 Å². The quantitative estimate of drug-likeness (QED) is 0.536. The molecule has 0 bridgehead atoms. The number of likely N-dealkylation sites (N-methyl/N-ethyl adjacent to an activating group) is 1. The first-order valence-corrected chi connectivity index (χ1v) is 11.2. The van der Waals surface area contributed by atoms with E-state index >= 15 is 0 Å². The number of alkyl halides is 3. The van der Waals surface area contributed by atoms with E-state index in [0.29, 0.717) is 5.56 Å². The van der Waals surface area contributed by atoms with Gasteiger partial charge in [0.15, 0.2) is 0 Å². The molecule has 2 aromatic carbocycles. The van der Waals surface area contributed by atoms with Crippen molar-refractivity contribution in [1.29, 1.82) is 0 Å². The van der Waals surface area contributed by atoms with Crippen molar-refractivity contribution in [3.8, 4) is 5.75 Å². The Kier molecular flexibility index (Phi) is 7.47. The molecule has 35 heavy (non-hydrogen) atoms. The highest BCUT2D eigenvalue weighted by atomic mass is 19.4. The first-order valence-electron chi connectivity index (χ1n) is 11.2. The fourth-order valence-electron chi connectivity index (χ4n) is 3.72. The van der Waals surface area contributed by atoms with Gasteiger partial charge in [0.2, 0.25) is 0 Å². The lowest BCUT2D eigenvalue weighted by Gasteiger charge is -2.34. The lowest BCUT2D eigenvalue weighted by atomic mass is 9.85. The molecule has 0 spiro atoms. The van der Waals surface area contributed by atoms with Crippen molar-refractivity contribution in [2.24, 2.45) is 0 Å². The van der Waals surface area contributed by atoms with Crippen LogP contribution < -0.4 is 10.1 Å². The Bertz CT molecular complexity index is 1120. The molecule has 0 aromatic heterocycles. The number of amides is 2. The Morgan fingerprint density at radius 1 is 1.06 bits per heavy atom. The summed E-state index contributed by atoms with van der Waals surface area (Å²) >= 11 is 0. The topological polar surface area (TPSA) is 67.9 Å². The van der Waals surface area contributed by atoms with Crippen LogP contribution >= 0.6 is 0 Å². The van der Waals surface area contributed by atoms with E-state index in [0.717, 1.165) is 17.7 Å². The summed E-state index contributed by atoms with van der Waals surface area (Å²) in [7, 11) is 1.46. The second-order valence-corrected chi connectivity index (χ2v) is 9.21. The lowest BCUT2D eigenvalue weighted by Crippen LogP contribution is -2.48. The van der Waals surface area contributed by atoms with Gasteiger partial charge in [0, 0.05) is 7.05 Å². The SMILES string of the molecule is CCOC(=O)C1=C(COc2cccc(C(F)(F)F)c2)N(C)C(=O)N[C@H]1c1ccc(C(C)(C)C)cc1. The molecular weight excluding hydrogens is 461 g/mol. The molecule has 0 radical (unpaired) electrons.